The molecule has 7 nitrogen and oxygen atoms in total. The molecule has 1 fully saturated rings. The van der Waals surface area contributed by atoms with E-state index in [1.165, 1.54) is 6.07 Å². The molecule has 1 aliphatic rings. The minimum atomic E-state index is -1.18. The molecule has 0 radical (unpaired) electrons. The topological polar surface area (TPSA) is 92.8 Å². The summed E-state index contributed by atoms with van der Waals surface area (Å²) in [5.74, 6) is -2.50. The van der Waals surface area contributed by atoms with Crippen LogP contribution < -0.4 is 15.6 Å². The Kier molecular flexibility index (Phi) is 5.94. The van der Waals surface area contributed by atoms with Crippen LogP contribution in [0.2, 0.25) is 0 Å². The molecule has 182 valence electrons. The van der Waals surface area contributed by atoms with Crippen molar-refractivity contribution >= 4 is 10.9 Å². The van der Waals surface area contributed by atoms with Crippen molar-refractivity contribution in [2.45, 2.75) is 25.6 Å². The maximum atomic E-state index is 14.6. The Morgan fingerprint density at radius 3 is 2.56 bits per heavy atom. The molecule has 2 atom stereocenters. The van der Waals surface area contributed by atoms with Crippen LogP contribution in [-0.2, 0) is 0 Å². The molecule has 2 aromatic heterocycles. The molecule has 0 amide bonds. The normalized spacial score (nSPS) is 17.3. The van der Waals surface area contributed by atoms with Crippen molar-refractivity contribution in [3.05, 3.63) is 81.7 Å². The Labute approximate surface area is 203 Å². The number of nitriles is 1. The van der Waals surface area contributed by atoms with Crippen LogP contribution in [-0.4, -0.2) is 34.4 Å². The quantitative estimate of drug-likeness (QED) is 0.458. The summed E-state index contributed by atoms with van der Waals surface area (Å²) < 4.78 is 49.2. The van der Waals surface area contributed by atoms with Gasteiger partial charge < -0.3 is 10.1 Å². The molecule has 10 heteroatoms. The molecule has 2 aromatic carbocycles. The molecule has 0 aliphatic carbocycles. The second-order valence-electron chi connectivity index (χ2n) is 8.56. The van der Waals surface area contributed by atoms with Crippen molar-refractivity contribution in [2.75, 3.05) is 13.7 Å². The van der Waals surface area contributed by atoms with Crippen molar-refractivity contribution in [1.29, 1.82) is 5.26 Å². The Morgan fingerprint density at radius 2 is 1.94 bits per heavy atom. The highest BCUT2D eigenvalue weighted by Gasteiger charge is 2.31. The van der Waals surface area contributed by atoms with Gasteiger partial charge in [-0.05, 0) is 36.8 Å². The molecule has 0 bridgehead atoms. The first-order valence-electron chi connectivity index (χ1n) is 11.2. The second-order valence-corrected chi connectivity index (χ2v) is 8.56. The number of alkyl halides is 1. The van der Waals surface area contributed by atoms with E-state index < -0.39 is 35.2 Å². The lowest BCUT2D eigenvalue weighted by atomic mass is 9.99. The zero-order chi connectivity index (χ0) is 25.6. The predicted octanol–water partition coefficient (Wildman–Crippen LogP) is 4.29. The number of nitrogens with one attached hydrogen (secondary N) is 1. The van der Waals surface area contributed by atoms with Gasteiger partial charge in [-0.3, -0.25) is 14.3 Å². The summed E-state index contributed by atoms with van der Waals surface area (Å²) >= 11 is 0. The van der Waals surface area contributed by atoms with Crippen molar-refractivity contribution < 1.29 is 17.9 Å². The Morgan fingerprint density at radius 1 is 1.19 bits per heavy atom. The first-order chi connectivity index (χ1) is 17.3. The van der Waals surface area contributed by atoms with Gasteiger partial charge in [0, 0.05) is 42.6 Å². The average Bonchev–Trinajstić information content (AvgIpc) is 3.29. The SMILES string of the molecule is COc1c(F)cc(-n2c(C3C[C@H](F)CN3)nc3c(-c4ccnc(C)c4)cc(C#N)cc3c2=O)cc1F. The van der Waals surface area contributed by atoms with Crippen molar-refractivity contribution in [3.8, 4) is 28.6 Å². The number of ether oxygens (including phenoxy) is 1. The highest BCUT2D eigenvalue weighted by molar-refractivity contribution is 5.94. The summed E-state index contributed by atoms with van der Waals surface area (Å²) in [6, 6.07) is 9.81. The third kappa shape index (κ3) is 3.97. The van der Waals surface area contributed by atoms with Gasteiger partial charge >= 0.3 is 0 Å². The van der Waals surface area contributed by atoms with E-state index >= 15 is 0 Å². The van der Waals surface area contributed by atoms with E-state index in [0.717, 1.165) is 29.5 Å². The zero-order valence-electron chi connectivity index (χ0n) is 19.3. The van der Waals surface area contributed by atoms with Crippen molar-refractivity contribution in [2.24, 2.45) is 0 Å². The van der Waals surface area contributed by atoms with Crippen LogP contribution in [0.15, 0.2) is 47.4 Å². The molecule has 1 saturated heterocycles. The van der Waals surface area contributed by atoms with Gasteiger partial charge in [0.2, 0.25) is 0 Å². The number of aryl methyl sites for hydroxylation is 1. The monoisotopic (exact) mass is 491 g/mol. The summed E-state index contributed by atoms with van der Waals surface area (Å²) in [4.78, 5) is 22.8. The van der Waals surface area contributed by atoms with Crippen LogP contribution in [0.3, 0.4) is 0 Å². The number of aromatic nitrogens is 3. The van der Waals surface area contributed by atoms with Crippen LogP contribution in [0.1, 0.15) is 29.5 Å². The number of fused-ring (bicyclic) bond motifs is 1. The number of halogens is 3. The van der Waals surface area contributed by atoms with Gasteiger partial charge in [-0.1, -0.05) is 0 Å². The second kappa shape index (κ2) is 9.09. The van der Waals surface area contributed by atoms with E-state index in [0.29, 0.717) is 11.1 Å². The smallest absolute Gasteiger partial charge is 0.266 e. The van der Waals surface area contributed by atoms with Gasteiger partial charge in [0.05, 0.1) is 41.4 Å². The fourth-order valence-electron chi connectivity index (χ4n) is 4.55. The highest BCUT2D eigenvalue weighted by atomic mass is 19.1. The summed E-state index contributed by atoms with van der Waals surface area (Å²) in [5, 5.41) is 12.7. The molecule has 1 unspecified atom stereocenters. The van der Waals surface area contributed by atoms with Crippen LogP contribution in [0.25, 0.3) is 27.7 Å². The first-order valence-corrected chi connectivity index (χ1v) is 11.2. The molecule has 1 N–H and O–H groups in total. The van der Waals surface area contributed by atoms with Gasteiger partial charge in [-0.2, -0.15) is 5.26 Å². The number of nitrogens with zero attached hydrogens (tertiary/aromatic N) is 4. The Hall–Kier alpha value is -4.23. The maximum Gasteiger partial charge on any atom is 0.266 e. The van der Waals surface area contributed by atoms with E-state index in [1.807, 2.05) is 13.0 Å². The molecule has 3 heterocycles. The van der Waals surface area contributed by atoms with E-state index in [2.05, 4.69) is 10.3 Å². The molecular formula is C26H20F3N5O2. The number of benzene rings is 2. The number of pyridine rings is 1. The van der Waals surface area contributed by atoms with Crippen LogP contribution >= 0.6 is 0 Å². The molecule has 0 saturated carbocycles. The lowest BCUT2D eigenvalue weighted by molar-refractivity contribution is 0.354. The maximum absolute atomic E-state index is 14.6. The number of hydrogen-bond acceptors (Lipinski definition) is 6. The standard InChI is InChI=1S/C26H20F3N5O2/c1-13-5-15(3-4-31-13)18-6-14(11-30)7-19-23(18)33-25(22-8-16(27)12-32-22)34(26(19)35)17-9-20(28)24(36-2)21(29)10-17/h3-7,9-10,16,22,32H,8,12H2,1-2H3/t16-,22?/m0/s1. The minimum Gasteiger partial charge on any atom is -0.491 e. The molecule has 1 aliphatic heterocycles. The lowest BCUT2D eigenvalue weighted by Gasteiger charge is -2.20. The van der Waals surface area contributed by atoms with Gasteiger partial charge in [0.15, 0.2) is 17.4 Å². The number of methoxy groups -OCH3 is 1. The van der Waals surface area contributed by atoms with Crippen LogP contribution in [0, 0.1) is 29.9 Å². The summed E-state index contributed by atoms with van der Waals surface area (Å²) in [5.41, 5.74) is 1.64. The third-order valence-electron chi connectivity index (χ3n) is 6.17. The minimum absolute atomic E-state index is 0.0268. The van der Waals surface area contributed by atoms with Gasteiger partial charge in [0.1, 0.15) is 12.0 Å². The number of rotatable bonds is 4. The average molecular weight is 491 g/mol. The van der Waals surface area contributed by atoms with Crippen LogP contribution in [0.5, 0.6) is 5.75 Å². The fraction of sp³-hybridized carbons (Fsp3) is 0.231. The molecule has 5 rings (SSSR count). The lowest BCUT2D eigenvalue weighted by Crippen LogP contribution is -2.29. The summed E-state index contributed by atoms with van der Waals surface area (Å²) in [6.45, 7) is 1.86. The van der Waals surface area contributed by atoms with E-state index in [1.54, 1.807) is 24.4 Å². The van der Waals surface area contributed by atoms with Crippen molar-refractivity contribution in [3.63, 3.8) is 0 Å². The zero-order valence-corrected chi connectivity index (χ0v) is 19.3. The van der Waals surface area contributed by atoms with Gasteiger partial charge in [-0.25, -0.2) is 18.2 Å². The Bertz CT molecular complexity index is 1590. The summed E-state index contributed by atoms with van der Waals surface area (Å²) in [7, 11) is 1.13. The molecule has 4 aromatic rings. The van der Waals surface area contributed by atoms with E-state index in [-0.39, 0.29) is 40.9 Å². The van der Waals surface area contributed by atoms with Gasteiger partial charge in [0.25, 0.3) is 5.56 Å². The molecule has 36 heavy (non-hydrogen) atoms. The third-order valence-corrected chi connectivity index (χ3v) is 6.17. The predicted molar refractivity (Wildman–Crippen MR) is 127 cm³/mol. The Balaban J connectivity index is 1.88. The van der Waals surface area contributed by atoms with Crippen molar-refractivity contribution in [1.82, 2.24) is 19.9 Å². The number of hydrogen-bond donors (Lipinski definition) is 1. The first kappa shape index (κ1) is 23.5. The molecule has 0 spiro atoms. The molecular weight excluding hydrogens is 471 g/mol. The summed E-state index contributed by atoms with van der Waals surface area (Å²) in [6.07, 6.45) is 0.454. The van der Waals surface area contributed by atoms with Crippen LogP contribution in [0.4, 0.5) is 13.2 Å². The largest absolute Gasteiger partial charge is 0.491 e. The van der Waals surface area contributed by atoms with E-state index in [4.69, 9.17) is 9.72 Å². The van der Waals surface area contributed by atoms with Gasteiger partial charge in [-0.15, -0.1) is 0 Å². The highest BCUT2D eigenvalue weighted by Crippen LogP contribution is 2.33. The fourth-order valence-corrected chi connectivity index (χ4v) is 4.55. The van der Waals surface area contributed by atoms with E-state index in [9.17, 15) is 23.2 Å².